The number of amides is 2. The lowest BCUT2D eigenvalue weighted by molar-refractivity contribution is 0.0925. The lowest BCUT2D eigenvalue weighted by Gasteiger charge is -2.09. The lowest BCUT2D eigenvalue weighted by Crippen LogP contribution is -2.35. The molecule has 4 N–H and O–H groups in total. The normalized spacial score (nSPS) is 10.6. The maximum Gasteiger partial charge on any atom is 0.270 e. The molecule has 2 amide bonds. The van der Waals surface area contributed by atoms with Crippen LogP contribution in [-0.2, 0) is 6.42 Å². The zero-order valence-electron chi connectivity index (χ0n) is 14.8. The Balaban J connectivity index is 1.86. The van der Waals surface area contributed by atoms with Gasteiger partial charge in [0.25, 0.3) is 11.8 Å². The van der Waals surface area contributed by atoms with Gasteiger partial charge in [-0.1, -0.05) is 37.6 Å². The van der Waals surface area contributed by atoms with Gasteiger partial charge in [0.2, 0.25) is 5.95 Å². The molecule has 7 nitrogen and oxygen atoms in total. The molecule has 0 radical (unpaired) electrons. The number of nitrogen functional groups attached to an aromatic ring is 1. The molecular formula is C18H22ClN5O2. The first-order valence-corrected chi connectivity index (χ1v) is 8.69. The number of carbonyl (C=O) groups excluding carboxylic acids is 2. The van der Waals surface area contributed by atoms with Crippen LogP contribution < -0.4 is 16.4 Å². The van der Waals surface area contributed by atoms with Crippen molar-refractivity contribution in [2.75, 3.05) is 18.8 Å². The second kappa shape index (κ2) is 9.15. The molecule has 2 rings (SSSR count). The zero-order chi connectivity index (χ0) is 19.1. The summed E-state index contributed by atoms with van der Waals surface area (Å²) in [6.45, 7) is 4.62. The minimum Gasteiger partial charge on any atom is -0.368 e. The zero-order valence-corrected chi connectivity index (χ0v) is 15.5. The first kappa shape index (κ1) is 19.7. The quantitative estimate of drug-likeness (QED) is 0.641. The Hall–Kier alpha value is -2.67. The molecule has 8 heteroatoms. The SMILES string of the molecule is CC(C)Cc1cc(C(=O)NCCNC(=O)c2ccccc2Cl)nc(N)n1. The Labute approximate surface area is 157 Å². The highest BCUT2D eigenvalue weighted by atomic mass is 35.5. The van der Waals surface area contributed by atoms with E-state index in [1.54, 1.807) is 30.3 Å². The molecular weight excluding hydrogens is 354 g/mol. The molecule has 0 aliphatic rings. The summed E-state index contributed by atoms with van der Waals surface area (Å²) in [5.74, 6) is -0.202. The molecule has 0 spiro atoms. The van der Waals surface area contributed by atoms with Gasteiger partial charge in [-0.2, -0.15) is 0 Å². The maximum absolute atomic E-state index is 12.2. The largest absolute Gasteiger partial charge is 0.368 e. The van der Waals surface area contributed by atoms with Crippen molar-refractivity contribution in [3.05, 3.63) is 52.3 Å². The number of nitrogens with zero attached hydrogens (tertiary/aromatic N) is 2. The van der Waals surface area contributed by atoms with Crippen LogP contribution in [0.5, 0.6) is 0 Å². The van der Waals surface area contributed by atoms with Crippen molar-refractivity contribution in [2.24, 2.45) is 5.92 Å². The van der Waals surface area contributed by atoms with E-state index in [1.165, 1.54) is 0 Å². The number of carbonyl (C=O) groups is 2. The van der Waals surface area contributed by atoms with Crippen LogP contribution in [0.2, 0.25) is 5.02 Å². The minimum absolute atomic E-state index is 0.0697. The first-order valence-electron chi connectivity index (χ1n) is 8.31. The highest BCUT2D eigenvalue weighted by molar-refractivity contribution is 6.33. The number of benzene rings is 1. The van der Waals surface area contributed by atoms with E-state index in [0.29, 0.717) is 22.9 Å². The van der Waals surface area contributed by atoms with E-state index in [9.17, 15) is 9.59 Å². The number of aromatic nitrogens is 2. The average Bonchev–Trinajstić information content (AvgIpc) is 2.57. The highest BCUT2D eigenvalue weighted by Gasteiger charge is 2.12. The van der Waals surface area contributed by atoms with Crippen LogP contribution in [0.4, 0.5) is 5.95 Å². The molecule has 1 aromatic carbocycles. The standard InChI is InChI=1S/C18H22ClN5O2/c1-11(2)9-12-10-15(24-18(20)23-12)17(26)22-8-7-21-16(25)13-5-3-4-6-14(13)19/h3-6,10-11H,7-9H2,1-2H3,(H,21,25)(H,22,26)(H2,20,23,24). The summed E-state index contributed by atoms with van der Waals surface area (Å²) < 4.78 is 0. The molecule has 0 unspecified atom stereocenters. The molecule has 138 valence electrons. The summed E-state index contributed by atoms with van der Waals surface area (Å²) in [5.41, 5.74) is 7.01. The van der Waals surface area contributed by atoms with Gasteiger partial charge in [0.1, 0.15) is 5.69 Å². The topological polar surface area (TPSA) is 110 Å². The van der Waals surface area contributed by atoms with Crippen LogP contribution in [0, 0.1) is 5.92 Å². The third-order valence-electron chi connectivity index (χ3n) is 3.46. The Kier molecular flexibility index (Phi) is 6.91. The van der Waals surface area contributed by atoms with Crippen LogP contribution >= 0.6 is 11.6 Å². The molecule has 0 fully saturated rings. The Bertz CT molecular complexity index is 795. The van der Waals surface area contributed by atoms with Gasteiger partial charge < -0.3 is 16.4 Å². The number of rotatable bonds is 7. The second-order valence-corrected chi connectivity index (χ2v) is 6.60. The molecule has 26 heavy (non-hydrogen) atoms. The minimum atomic E-state index is -0.365. The van der Waals surface area contributed by atoms with Crippen molar-refractivity contribution in [3.63, 3.8) is 0 Å². The monoisotopic (exact) mass is 375 g/mol. The van der Waals surface area contributed by atoms with Gasteiger partial charge >= 0.3 is 0 Å². The van der Waals surface area contributed by atoms with Crippen LogP contribution in [0.25, 0.3) is 0 Å². The fraction of sp³-hybridized carbons (Fsp3) is 0.333. The molecule has 0 saturated heterocycles. The number of hydrogen-bond acceptors (Lipinski definition) is 5. The third-order valence-corrected chi connectivity index (χ3v) is 3.79. The van der Waals surface area contributed by atoms with E-state index < -0.39 is 0 Å². The van der Waals surface area contributed by atoms with Gasteiger partial charge in [-0.3, -0.25) is 9.59 Å². The predicted octanol–water partition coefficient (Wildman–Crippen LogP) is 2.07. The van der Waals surface area contributed by atoms with E-state index in [4.69, 9.17) is 17.3 Å². The maximum atomic E-state index is 12.2. The summed E-state index contributed by atoms with van der Waals surface area (Å²) in [7, 11) is 0. The van der Waals surface area contributed by atoms with Gasteiger partial charge in [-0.05, 0) is 30.5 Å². The van der Waals surface area contributed by atoms with Crippen molar-refractivity contribution in [2.45, 2.75) is 20.3 Å². The second-order valence-electron chi connectivity index (χ2n) is 6.19. The average molecular weight is 376 g/mol. The molecule has 0 aliphatic carbocycles. The summed E-state index contributed by atoms with van der Waals surface area (Å²) in [6.07, 6.45) is 0.709. The van der Waals surface area contributed by atoms with Gasteiger partial charge in [0.05, 0.1) is 10.6 Å². The molecule has 1 heterocycles. The van der Waals surface area contributed by atoms with Crippen molar-refractivity contribution in [3.8, 4) is 0 Å². The molecule has 1 aromatic heterocycles. The van der Waals surface area contributed by atoms with Crippen molar-refractivity contribution >= 4 is 29.4 Å². The summed E-state index contributed by atoms with van der Waals surface area (Å²) in [4.78, 5) is 32.3. The van der Waals surface area contributed by atoms with Crippen molar-refractivity contribution < 1.29 is 9.59 Å². The number of halogens is 1. The molecule has 0 aliphatic heterocycles. The van der Waals surface area contributed by atoms with Crippen LogP contribution in [0.15, 0.2) is 30.3 Å². The van der Waals surface area contributed by atoms with E-state index in [-0.39, 0.29) is 36.5 Å². The van der Waals surface area contributed by atoms with Crippen LogP contribution in [-0.4, -0.2) is 34.9 Å². The molecule has 0 bridgehead atoms. The Morgan fingerprint density at radius 2 is 1.77 bits per heavy atom. The molecule has 0 atom stereocenters. The highest BCUT2D eigenvalue weighted by Crippen LogP contribution is 2.14. The van der Waals surface area contributed by atoms with E-state index in [2.05, 4.69) is 34.4 Å². The number of nitrogens with one attached hydrogen (secondary N) is 2. The fourth-order valence-electron chi connectivity index (χ4n) is 2.34. The number of anilines is 1. The Morgan fingerprint density at radius 3 is 2.42 bits per heavy atom. The van der Waals surface area contributed by atoms with Gasteiger partial charge in [0.15, 0.2) is 0 Å². The van der Waals surface area contributed by atoms with Gasteiger partial charge in [-0.25, -0.2) is 9.97 Å². The van der Waals surface area contributed by atoms with E-state index in [0.717, 1.165) is 5.69 Å². The fourth-order valence-corrected chi connectivity index (χ4v) is 2.56. The van der Waals surface area contributed by atoms with Crippen LogP contribution in [0.3, 0.4) is 0 Å². The van der Waals surface area contributed by atoms with Gasteiger partial charge in [-0.15, -0.1) is 0 Å². The van der Waals surface area contributed by atoms with E-state index in [1.807, 2.05) is 0 Å². The smallest absolute Gasteiger partial charge is 0.270 e. The lowest BCUT2D eigenvalue weighted by atomic mass is 10.1. The van der Waals surface area contributed by atoms with Crippen LogP contribution in [0.1, 0.15) is 40.4 Å². The third kappa shape index (κ3) is 5.70. The van der Waals surface area contributed by atoms with Gasteiger partial charge in [0, 0.05) is 18.8 Å². The van der Waals surface area contributed by atoms with Crippen molar-refractivity contribution in [1.29, 1.82) is 0 Å². The number of hydrogen-bond donors (Lipinski definition) is 3. The first-order chi connectivity index (χ1) is 12.4. The molecule has 2 aromatic rings. The summed E-state index contributed by atoms with van der Waals surface area (Å²) >= 11 is 5.97. The summed E-state index contributed by atoms with van der Waals surface area (Å²) in [5, 5.41) is 5.77. The van der Waals surface area contributed by atoms with Crippen molar-refractivity contribution in [1.82, 2.24) is 20.6 Å². The van der Waals surface area contributed by atoms with E-state index >= 15 is 0 Å². The molecule has 0 saturated carbocycles. The number of nitrogens with two attached hydrogens (primary N) is 1. The predicted molar refractivity (Wildman–Crippen MR) is 101 cm³/mol. The Morgan fingerprint density at radius 1 is 1.12 bits per heavy atom. The summed E-state index contributed by atoms with van der Waals surface area (Å²) in [6, 6.07) is 8.40.